The lowest BCUT2D eigenvalue weighted by atomic mass is 10.0. The number of rotatable bonds is 3. The van der Waals surface area contributed by atoms with Crippen LogP contribution in [-0.4, -0.2) is 14.5 Å². The molecule has 4 aromatic heterocycles. The number of fused-ring (bicyclic) bond motifs is 13. The monoisotopic (exact) mass is 643 g/mol. The minimum absolute atomic E-state index is 0.866. The number of nitrogens with zero attached hydrogens (tertiary/aromatic N) is 3. The summed E-state index contributed by atoms with van der Waals surface area (Å²) in [5.41, 5.74) is 10.7. The number of hydrogen-bond acceptors (Lipinski definition) is 4. The molecule has 228 valence electrons. The first kappa shape index (κ1) is 26.7. The topological polar surface area (TPSA) is 43.9 Å². The second-order valence-corrected chi connectivity index (χ2v) is 13.6. The Labute approximate surface area is 284 Å². The Morgan fingerprint density at radius 3 is 1.88 bits per heavy atom. The van der Waals surface area contributed by atoms with E-state index in [1.165, 1.54) is 36.3 Å². The zero-order valence-electron chi connectivity index (χ0n) is 26.1. The normalized spacial score (nSPS) is 12.1. The molecule has 49 heavy (non-hydrogen) atoms. The summed E-state index contributed by atoms with van der Waals surface area (Å²) in [6.45, 7) is 0. The molecule has 0 saturated carbocycles. The molecule has 4 heterocycles. The summed E-state index contributed by atoms with van der Waals surface area (Å²) >= 11 is 1.87. The highest BCUT2D eigenvalue weighted by atomic mass is 32.1. The summed E-state index contributed by atoms with van der Waals surface area (Å²) in [7, 11) is 0. The van der Waals surface area contributed by atoms with Gasteiger partial charge in [-0.25, -0.2) is 9.97 Å². The van der Waals surface area contributed by atoms with E-state index >= 15 is 0 Å². The molecule has 0 aliphatic carbocycles. The molecule has 0 N–H and O–H groups in total. The number of benzene rings is 7. The molecule has 7 aromatic carbocycles. The fourth-order valence-corrected chi connectivity index (χ4v) is 8.92. The van der Waals surface area contributed by atoms with Gasteiger partial charge < -0.3 is 8.98 Å². The van der Waals surface area contributed by atoms with E-state index in [0.717, 1.165) is 66.8 Å². The summed E-state index contributed by atoms with van der Waals surface area (Å²) in [5, 5.41) is 7.31. The Balaban J connectivity index is 1.22. The number of aromatic nitrogens is 3. The van der Waals surface area contributed by atoms with E-state index in [0.29, 0.717) is 0 Å². The Kier molecular flexibility index (Phi) is 5.51. The van der Waals surface area contributed by atoms with Gasteiger partial charge in [-0.2, -0.15) is 0 Å². The number of thiophene rings is 1. The highest BCUT2D eigenvalue weighted by Crippen LogP contribution is 2.50. The van der Waals surface area contributed by atoms with Gasteiger partial charge in [0.1, 0.15) is 5.58 Å². The molecule has 0 bridgehead atoms. The molecule has 0 atom stereocenters. The van der Waals surface area contributed by atoms with Crippen LogP contribution in [0.3, 0.4) is 0 Å². The molecule has 11 rings (SSSR count). The fourth-order valence-electron chi connectivity index (χ4n) is 7.65. The van der Waals surface area contributed by atoms with Gasteiger partial charge in [0.2, 0.25) is 0 Å². The first-order valence-corrected chi connectivity index (χ1v) is 17.2. The van der Waals surface area contributed by atoms with Gasteiger partial charge in [0.25, 0.3) is 0 Å². The molecule has 5 heteroatoms. The molecule has 0 amide bonds. The van der Waals surface area contributed by atoms with Gasteiger partial charge in [0.15, 0.2) is 5.58 Å². The van der Waals surface area contributed by atoms with E-state index < -0.39 is 0 Å². The molecule has 0 unspecified atom stereocenters. The SMILES string of the molecule is c1ccc(-c2nc3ccccc3nc2-c2ccc(-n3c4ccccc4c4c5sc6ccccc6c5c5c6ccccc6oc5c43)cc2)cc1. The predicted molar refractivity (Wildman–Crippen MR) is 205 cm³/mol. The van der Waals surface area contributed by atoms with Crippen molar-refractivity contribution in [2.45, 2.75) is 0 Å². The van der Waals surface area contributed by atoms with E-state index in [4.69, 9.17) is 14.4 Å². The maximum absolute atomic E-state index is 6.85. The maximum atomic E-state index is 6.85. The van der Waals surface area contributed by atoms with Crippen LogP contribution in [0.2, 0.25) is 0 Å². The van der Waals surface area contributed by atoms with Gasteiger partial charge in [-0.15, -0.1) is 11.3 Å². The van der Waals surface area contributed by atoms with Crippen molar-refractivity contribution in [3.8, 4) is 28.2 Å². The zero-order chi connectivity index (χ0) is 32.1. The number of para-hydroxylation sites is 4. The number of furan rings is 1. The second-order valence-electron chi connectivity index (χ2n) is 12.5. The quantitative estimate of drug-likeness (QED) is 0.192. The van der Waals surface area contributed by atoms with Crippen LogP contribution in [0, 0.1) is 0 Å². The largest absolute Gasteiger partial charge is 0.454 e. The minimum atomic E-state index is 0.866. The van der Waals surface area contributed by atoms with E-state index in [1.807, 2.05) is 53.8 Å². The first-order chi connectivity index (χ1) is 24.3. The predicted octanol–water partition coefficient (Wildman–Crippen LogP) is 12.3. The molecule has 4 nitrogen and oxygen atoms in total. The Bertz CT molecular complexity index is 3100. The van der Waals surface area contributed by atoms with Crippen LogP contribution in [-0.2, 0) is 0 Å². The van der Waals surface area contributed by atoms with Crippen molar-refractivity contribution in [2.24, 2.45) is 0 Å². The lowest BCUT2D eigenvalue weighted by Crippen LogP contribution is -1.97. The van der Waals surface area contributed by atoms with Gasteiger partial charge in [0, 0.05) is 58.5 Å². The van der Waals surface area contributed by atoms with E-state index in [9.17, 15) is 0 Å². The third-order valence-electron chi connectivity index (χ3n) is 9.77. The third kappa shape index (κ3) is 3.79. The van der Waals surface area contributed by atoms with Gasteiger partial charge in [-0.1, -0.05) is 109 Å². The summed E-state index contributed by atoms with van der Waals surface area (Å²) < 4.78 is 11.8. The van der Waals surface area contributed by atoms with Gasteiger partial charge in [-0.3, -0.25) is 0 Å². The Morgan fingerprint density at radius 1 is 0.490 bits per heavy atom. The van der Waals surface area contributed by atoms with Crippen molar-refractivity contribution in [1.29, 1.82) is 0 Å². The second kappa shape index (κ2) is 10.1. The zero-order valence-corrected chi connectivity index (χ0v) is 26.9. The Morgan fingerprint density at radius 2 is 1.10 bits per heavy atom. The summed E-state index contributed by atoms with van der Waals surface area (Å²) in [6.07, 6.45) is 0. The standard InChI is InChI=1S/C44H25N3OS/c1-2-12-26(13-3-1)40-41(46-33-18-8-7-17-32(33)45-40)27-22-24-28(25-23-27)47-34-19-9-4-14-29(34)39-42(47)43-37(30-15-5-10-20-35(30)48-43)38-31-16-6-11-21-36(31)49-44(38)39/h1-25H. The van der Waals surface area contributed by atoms with Crippen LogP contribution < -0.4 is 0 Å². The molecule has 0 aliphatic heterocycles. The van der Waals surface area contributed by atoms with E-state index in [2.05, 4.69) is 114 Å². The average molecular weight is 644 g/mol. The van der Waals surface area contributed by atoms with Crippen LogP contribution in [0.25, 0.3) is 103 Å². The smallest absolute Gasteiger partial charge is 0.160 e. The van der Waals surface area contributed by atoms with Crippen molar-refractivity contribution < 1.29 is 4.42 Å². The third-order valence-corrected chi connectivity index (χ3v) is 11.0. The van der Waals surface area contributed by atoms with Gasteiger partial charge >= 0.3 is 0 Å². The molecule has 0 fully saturated rings. The van der Waals surface area contributed by atoms with Crippen LogP contribution in [0.4, 0.5) is 0 Å². The summed E-state index contributed by atoms with van der Waals surface area (Å²) in [5.74, 6) is 0. The van der Waals surface area contributed by atoms with Crippen LogP contribution >= 0.6 is 11.3 Å². The van der Waals surface area contributed by atoms with Crippen LogP contribution in [0.15, 0.2) is 156 Å². The van der Waals surface area contributed by atoms with Crippen LogP contribution in [0.5, 0.6) is 0 Å². The maximum Gasteiger partial charge on any atom is 0.160 e. The molecule has 0 spiro atoms. The molecule has 0 radical (unpaired) electrons. The molecule has 0 aliphatic rings. The fraction of sp³-hybridized carbons (Fsp3) is 0. The van der Waals surface area contributed by atoms with Crippen molar-refractivity contribution in [2.75, 3.05) is 0 Å². The molecule has 0 saturated heterocycles. The van der Waals surface area contributed by atoms with Gasteiger partial charge in [-0.05, 0) is 42.5 Å². The highest BCUT2D eigenvalue weighted by Gasteiger charge is 2.25. The lowest BCUT2D eigenvalue weighted by molar-refractivity contribution is 0.671. The average Bonchev–Trinajstić information content (AvgIpc) is 3.84. The summed E-state index contributed by atoms with van der Waals surface area (Å²) in [4.78, 5) is 10.3. The van der Waals surface area contributed by atoms with E-state index in [1.54, 1.807) is 0 Å². The van der Waals surface area contributed by atoms with Crippen molar-refractivity contribution >= 4 is 86.3 Å². The highest BCUT2D eigenvalue weighted by molar-refractivity contribution is 7.27. The van der Waals surface area contributed by atoms with Crippen molar-refractivity contribution in [3.63, 3.8) is 0 Å². The summed E-state index contributed by atoms with van der Waals surface area (Å²) in [6, 6.07) is 53.1. The number of hydrogen-bond donors (Lipinski definition) is 0. The Hall–Kier alpha value is -6.30. The first-order valence-electron chi connectivity index (χ1n) is 16.4. The minimum Gasteiger partial charge on any atom is -0.454 e. The van der Waals surface area contributed by atoms with E-state index in [-0.39, 0.29) is 0 Å². The molecular weight excluding hydrogens is 619 g/mol. The lowest BCUT2D eigenvalue weighted by Gasteiger charge is -2.12. The van der Waals surface area contributed by atoms with Gasteiger partial charge in [0.05, 0.1) is 33.5 Å². The molecule has 11 aromatic rings. The van der Waals surface area contributed by atoms with Crippen molar-refractivity contribution in [3.05, 3.63) is 152 Å². The molecular formula is C44H25N3OS. The van der Waals surface area contributed by atoms with Crippen LogP contribution in [0.1, 0.15) is 0 Å². The van der Waals surface area contributed by atoms with Crippen molar-refractivity contribution in [1.82, 2.24) is 14.5 Å².